The Morgan fingerprint density at radius 3 is 2.57 bits per heavy atom. The van der Waals surface area contributed by atoms with E-state index >= 15 is 0 Å². The van der Waals surface area contributed by atoms with Gasteiger partial charge in [0.25, 0.3) is 0 Å². The van der Waals surface area contributed by atoms with Crippen LogP contribution in [0.25, 0.3) is 0 Å². The van der Waals surface area contributed by atoms with E-state index in [9.17, 15) is 13.6 Å². The van der Waals surface area contributed by atoms with E-state index in [-0.39, 0.29) is 11.3 Å². The number of aromatic hydroxyl groups is 1. The molecule has 0 aliphatic carbocycles. The van der Waals surface area contributed by atoms with Crippen molar-refractivity contribution in [3.8, 4) is 5.75 Å². The number of hydrogen-bond donors (Lipinski definition) is 3. The molecule has 0 aliphatic heterocycles. The molecule has 0 saturated heterocycles. The minimum atomic E-state index is -2.50. The first-order chi connectivity index (χ1) is 6.50. The summed E-state index contributed by atoms with van der Waals surface area (Å²) >= 11 is -2.50. The number of hydrogen-bond acceptors (Lipinski definition) is 4. The van der Waals surface area contributed by atoms with E-state index in [2.05, 4.69) is 0 Å². The molecule has 0 fully saturated rings. The van der Waals surface area contributed by atoms with E-state index in [4.69, 9.17) is 10.2 Å². The highest BCUT2D eigenvalue weighted by molar-refractivity contribution is 7.80. The molecule has 1 atom stereocenters. The smallest absolute Gasteiger partial charge is 0.339 e. The minimum Gasteiger partial charge on any atom is -0.755 e. The average Bonchev–Trinajstić information content (AvgIpc) is 2.01. The highest BCUT2D eigenvalue weighted by Crippen LogP contribution is 2.21. The lowest BCUT2D eigenvalue weighted by Gasteiger charge is -2.09. The molecule has 0 bridgehead atoms. The molecule has 0 amide bonds. The van der Waals surface area contributed by atoms with Crippen molar-refractivity contribution < 1.29 is 23.8 Å². The zero-order valence-corrected chi connectivity index (χ0v) is 7.58. The number of aromatic carboxylic acids is 1. The van der Waals surface area contributed by atoms with Gasteiger partial charge in [0.15, 0.2) is 0 Å². The lowest BCUT2D eigenvalue weighted by molar-refractivity contribution is 0.0694. The summed E-state index contributed by atoms with van der Waals surface area (Å²) in [6.45, 7) is 0. The van der Waals surface area contributed by atoms with Crippen LogP contribution in [-0.2, 0) is 11.3 Å². The van der Waals surface area contributed by atoms with Gasteiger partial charge in [-0.05, 0) is 12.1 Å². The van der Waals surface area contributed by atoms with Crippen LogP contribution in [0.1, 0.15) is 10.4 Å². The highest BCUT2D eigenvalue weighted by atomic mass is 32.2. The average molecular weight is 216 g/mol. The summed E-state index contributed by atoms with van der Waals surface area (Å²) in [7, 11) is 0. The molecule has 0 radical (unpaired) electrons. The van der Waals surface area contributed by atoms with Crippen LogP contribution in [0.15, 0.2) is 18.2 Å². The Morgan fingerprint density at radius 2 is 2.14 bits per heavy atom. The third-order valence-corrected chi connectivity index (χ3v) is 1.83. The molecule has 0 saturated carbocycles. The van der Waals surface area contributed by atoms with Gasteiger partial charge >= 0.3 is 5.97 Å². The molecule has 7 heteroatoms. The fourth-order valence-corrected chi connectivity index (χ4v) is 1.19. The molecule has 76 valence electrons. The van der Waals surface area contributed by atoms with E-state index in [1.165, 1.54) is 6.07 Å². The molecule has 1 aromatic rings. The summed E-state index contributed by atoms with van der Waals surface area (Å²) in [6.07, 6.45) is 0. The SMILES string of the molecule is O=C(O)c1ccc(NS(=O)[O-])cc1O. The molecule has 1 unspecified atom stereocenters. The van der Waals surface area contributed by atoms with Crippen LogP contribution in [0.3, 0.4) is 0 Å². The topological polar surface area (TPSA) is 110 Å². The third-order valence-electron chi connectivity index (χ3n) is 1.43. The Labute approximate surface area is 81.6 Å². The second-order valence-electron chi connectivity index (χ2n) is 2.37. The molecule has 6 nitrogen and oxygen atoms in total. The van der Waals surface area contributed by atoms with Crippen molar-refractivity contribution in [3.05, 3.63) is 23.8 Å². The van der Waals surface area contributed by atoms with Crippen LogP contribution in [0.2, 0.25) is 0 Å². The van der Waals surface area contributed by atoms with Gasteiger partial charge in [-0.1, -0.05) is 0 Å². The number of carboxylic acids is 1. The standard InChI is InChI=1S/C7H7NO5S/c9-6-3-4(8-14(12)13)1-2-5(6)7(10)11/h1-3,8-9H,(H,10,11)(H,12,13)/p-1. The number of carboxylic acid groups (broad SMARTS) is 1. The van der Waals surface area contributed by atoms with Gasteiger partial charge in [0.05, 0.1) is 0 Å². The molecular formula is C7H6NO5S-. The van der Waals surface area contributed by atoms with E-state index < -0.39 is 23.0 Å². The molecule has 3 N–H and O–H groups in total. The molecule has 1 rings (SSSR count). The van der Waals surface area contributed by atoms with Crippen molar-refractivity contribution in [2.24, 2.45) is 0 Å². The van der Waals surface area contributed by atoms with Gasteiger partial charge in [-0.3, -0.25) is 4.21 Å². The van der Waals surface area contributed by atoms with Crippen LogP contribution in [0.4, 0.5) is 5.69 Å². The van der Waals surface area contributed by atoms with Crippen LogP contribution >= 0.6 is 0 Å². The van der Waals surface area contributed by atoms with Gasteiger partial charge < -0.3 is 19.5 Å². The fraction of sp³-hybridized carbons (Fsp3) is 0. The highest BCUT2D eigenvalue weighted by Gasteiger charge is 2.09. The zero-order chi connectivity index (χ0) is 10.7. The van der Waals surface area contributed by atoms with Gasteiger partial charge in [0.1, 0.15) is 11.3 Å². The molecule has 0 aliphatic rings. The molecule has 0 heterocycles. The predicted octanol–water partition coefficient (Wildman–Crippen LogP) is 0.296. The summed E-state index contributed by atoms with van der Waals surface area (Å²) in [5.41, 5.74) is -0.187. The Hall–Kier alpha value is -1.60. The second kappa shape index (κ2) is 4.07. The predicted molar refractivity (Wildman–Crippen MR) is 47.6 cm³/mol. The maximum atomic E-state index is 10.5. The second-order valence-corrected chi connectivity index (χ2v) is 3.05. The quantitative estimate of drug-likeness (QED) is 0.629. The summed E-state index contributed by atoms with van der Waals surface area (Å²) in [5, 5.41) is 17.7. The summed E-state index contributed by atoms with van der Waals surface area (Å²) in [5.74, 6) is -1.77. The maximum absolute atomic E-state index is 10.5. The van der Waals surface area contributed by atoms with Gasteiger partial charge in [0.2, 0.25) is 0 Å². The monoisotopic (exact) mass is 216 g/mol. The van der Waals surface area contributed by atoms with Crippen molar-refractivity contribution >= 4 is 22.9 Å². The van der Waals surface area contributed by atoms with Crippen molar-refractivity contribution in [1.29, 1.82) is 0 Å². The summed E-state index contributed by atoms with van der Waals surface area (Å²) in [6, 6.07) is 3.35. The molecule has 1 aromatic carbocycles. The number of rotatable bonds is 3. The largest absolute Gasteiger partial charge is 0.755 e. The normalized spacial score (nSPS) is 12.1. The van der Waals surface area contributed by atoms with Crippen molar-refractivity contribution in [3.63, 3.8) is 0 Å². The van der Waals surface area contributed by atoms with E-state index in [0.717, 1.165) is 12.1 Å². The van der Waals surface area contributed by atoms with Crippen molar-refractivity contribution in [2.45, 2.75) is 0 Å². The molecular weight excluding hydrogens is 210 g/mol. The first-order valence-corrected chi connectivity index (χ1v) is 4.50. The van der Waals surface area contributed by atoms with Crippen LogP contribution in [0.5, 0.6) is 5.75 Å². The number of nitrogens with one attached hydrogen (secondary N) is 1. The minimum absolute atomic E-state index is 0.0980. The lowest BCUT2D eigenvalue weighted by atomic mass is 10.2. The first kappa shape index (κ1) is 10.5. The number of benzene rings is 1. The van der Waals surface area contributed by atoms with Crippen LogP contribution < -0.4 is 4.72 Å². The summed E-state index contributed by atoms with van der Waals surface area (Å²) in [4.78, 5) is 10.5. The number of phenols is 1. The van der Waals surface area contributed by atoms with Crippen LogP contribution in [-0.4, -0.2) is 24.9 Å². The molecule has 0 spiro atoms. The first-order valence-electron chi connectivity index (χ1n) is 3.43. The fourth-order valence-electron chi connectivity index (χ4n) is 0.872. The van der Waals surface area contributed by atoms with Gasteiger partial charge in [-0.2, -0.15) is 0 Å². The number of anilines is 1. The Morgan fingerprint density at radius 1 is 1.50 bits per heavy atom. The van der Waals surface area contributed by atoms with Gasteiger partial charge in [-0.15, -0.1) is 0 Å². The van der Waals surface area contributed by atoms with E-state index in [1.54, 1.807) is 0 Å². The maximum Gasteiger partial charge on any atom is 0.339 e. The molecule has 0 aromatic heterocycles. The van der Waals surface area contributed by atoms with Crippen molar-refractivity contribution in [2.75, 3.05) is 4.72 Å². The summed E-state index contributed by atoms with van der Waals surface area (Å²) < 4.78 is 22.4. The molecule has 14 heavy (non-hydrogen) atoms. The Bertz CT molecular complexity index is 392. The lowest BCUT2D eigenvalue weighted by Crippen LogP contribution is -2.03. The Kier molecular flexibility index (Phi) is 3.05. The number of carbonyl (C=O) groups is 1. The van der Waals surface area contributed by atoms with E-state index in [0.29, 0.717) is 0 Å². The van der Waals surface area contributed by atoms with E-state index in [1.807, 2.05) is 4.72 Å². The van der Waals surface area contributed by atoms with Crippen LogP contribution in [0, 0.1) is 0 Å². The zero-order valence-electron chi connectivity index (χ0n) is 6.76. The Balaban J connectivity index is 3.00. The van der Waals surface area contributed by atoms with Gasteiger partial charge in [-0.25, -0.2) is 4.79 Å². The van der Waals surface area contributed by atoms with Crippen molar-refractivity contribution in [1.82, 2.24) is 0 Å². The third kappa shape index (κ3) is 2.44. The van der Waals surface area contributed by atoms with Gasteiger partial charge in [0, 0.05) is 23.0 Å².